The zero-order valence-electron chi connectivity index (χ0n) is 15.3. The Balaban J connectivity index is 1.66. The zero-order chi connectivity index (χ0) is 17.6. The highest BCUT2D eigenvalue weighted by Crippen LogP contribution is 2.25. The number of hydrogen-bond donors (Lipinski definition) is 1. The van der Waals surface area contributed by atoms with Gasteiger partial charge in [-0.25, -0.2) is 4.79 Å². The molecule has 2 heterocycles. The van der Waals surface area contributed by atoms with Gasteiger partial charge in [0, 0.05) is 31.7 Å². The number of nitrogens with zero attached hydrogens (tertiary/aromatic N) is 2. The van der Waals surface area contributed by atoms with Crippen LogP contribution in [0, 0.1) is 5.92 Å². The Morgan fingerprint density at radius 1 is 1.20 bits per heavy atom. The first-order chi connectivity index (χ1) is 12.1. The maximum absolute atomic E-state index is 12.4. The summed E-state index contributed by atoms with van der Waals surface area (Å²) in [7, 11) is 0. The van der Waals surface area contributed by atoms with Crippen LogP contribution in [0.25, 0.3) is 0 Å². The molecule has 1 aromatic carbocycles. The number of carbonyl (C=O) groups excluding carboxylic acids is 1. The Morgan fingerprint density at radius 3 is 2.76 bits per heavy atom. The fourth-order valence-corrected chi connectivity index (χ4v) is 3.14. The van der Waals surface area contributed by atoms with E-state index < -0.39 is 0 Å². The van der Waals surface area contributed by atoms with E-state index in [1.165, 1.54) is 5.56 Å². The van der Waals surface area contributed by atoms with Crippen molar-refractivity contribution in [2.45, 2.75) is 26.9 Å². The molecule has 25 heavy (non-hydrogen) atoms. The lowest BCUT2D eigenvalue weighted by molar-refractivity contribution is 0.0342. The molecule has 0 aromatic heterocycles. The lowest BCUT2D eigenvalue weighted by Gasteiger charge is -2.27. The Bertz CT molecular complexity index is 585. The first kappa shape index (κ1) is 18.0. The van der Waals surface area contributed by atoms with Gasteiger partial charge in [0.05, 0.1) is 26.3 Å². The smallest absolute Gasteiger partial charge is 0.317 e. The summed E-state index contributed by atoms with van der Waals surface area (Å²) in [6.07, 6.45) is 0. The molecule has 0 saturated carbocycles. The van der Waals surface area contributed by atoms with Crippen LogP contribution in [-0.4, -0.2) is 61.8 Å². The average Bonchev–Trinajstić information content (AvgIpc) is 2.82. The third-order valence-electron chi connectivity index (χ3n) is 4.56. The van der Waals surface area contributed by atoms with Crippen molar-refractivity contribution in [3.8, 4) is 5.75 Å². The van der Waals surface area contributed by atoms with Gasteiger partial charge in [0.25, 0.3) is 0 Å². The van der Waals surface area contributed by atoms with Crippen LogP contribution in [0.15, 0.2) is 18.2 Å². The van der Waals surface area contributed by atoms with E-state index >= 15 is 0 Å². The standard InChI is InChI=1S/C19H29N3O3/c1-15(2)12-20-19(23)22-7-10-25-18-4-3-16(11-17(18)14-22)13-21-5-8-24-9-6-21/h3-4,11,15H,5-10,12-14H2,1-2H3,(H,20,23). The number of ether oxygens (including phenoxy) is 2. The monoisotopic (exact) mass is 347 g/mol. The summed E-state index contributed by atoms with van der Waals surface area (Å²) < 4.78 is 11.3. The summed E-state index contributed by atoms with van der Waals surface area (Å²) in [4.78, 5) is 16.6. The summed E-state index contributed by atoms with van der Waals surface area (Å²) in [5.41, 5.74) is 2.34. The Morgan fingerprint density at radius 2 is 2.00 bits per heavy atom. The van der Waals surface area contributed by atoms with E-state index in [9.17, 15) is 4.79 Å². The van der Waals surface area contributed by atoms with Crippen molar-refractivity contribution in [3.05, 3.63) is 29.3 Å². The summed E-state index contributed by atoms with van der Waals surface area (Å²) in [5.74, 6) is 1.34. The molecule has 0 bridgehead atoms. The summed E-state index contributed by atoms with van der Waals surface area (Å²) in [5, 5.41) is 3.00. The topological polar surface area (TPSA) is 54.0 Å². The molecule has 2 aliphatic rings. The lowest BCUT2D eigenvalue weighted by Crippen LogP contribution is -2.41. The molecule has 2 amide bonds. The number of morpholine rings is 1. The molecule has 138 valence electrons. The van der Waals surface area contributed by atoms with Crippen LogP contribution in [0.2, 0.25) is 0 Å². The van der Waals surface area contributed by atoms with Gasteiger partial charge in [0.1, 0.15) is 12.4 Å². The maximum Gasteiger partial charge on any atom is 0.317 e. The second kappa shape index (κ2) is 8.54. The third-order valence-corrected chi connectivity index (χ3v) is 4.56. The molecule has 1 aromatic rings. The van der Waals surface area contributed by atoms with E-state index in [0.717, 1.165) is 44.2 Å². The molecule has 0 atom stereocenters. The van der Waals surface area contributed by atoms with Crippen molar-refractivity contribution in [1.29, 1.82) is 0 Å². The minimum absolute atomic E-state index is 0.0104. The number of hydrogen-bond acceptors (Lipinski definition) is 4. The highest BCUT2D eigenvalue weighted by atomic mass is 16.5. The summed E-state index contributed by atoms with van der Waals surface area (Å²) in [6.45, 7) is 11.1. The molecule has 1 N–H and O–H groups in total. The largest absolute Gasteiger partial charge is 0.491 e. The molecular formula is C19H29N3O3. The molecule has 6 heteroatoms. The Kier molecular flexibility index (Phi) is 6.15. The minimum Gasteiger partial charge on any atom is -0.491 e. The number of fused-ring (bicyclic) bond motifs is 1. The van der Waals surface area contributed by atoms with Crippen LogP contribution >= 0.6 is 0 Å². The predicted octanol–water partition coefficient (Wildman–Crippen LogP) is 2.08. The van der Waals surface area contributed by atoms with Gasteiger partial charge in [-0.15, -0.1) is 0 Å². The van der Waals surface area contributed by atoms with Gasteiger partial charge in [-0.2, -0.15) is 0 Å². The fourth-order valence-electron chi connectivity index (χ4n) is 3.14. The molecule has 3 rings (SSSR count). The summed E-state index contributed by atoms with van der Waals surface area (Å²) >= 11 is 0. The predicted molar refractivity (Wildman–Crippen MR) is 96.7 cm³/mol. The third kappa shape index (κ3) is 5.09. The first-order valence-corrected chi connectivity index (χ1v) is 9.19. The van der Waals surface area contributed by atoms with Gasteiger partial charge in [-0.05, 0) is 23.6 Å². The molecule has 1 saturated heterocycles. The van der Waals surface area contributed by atoms with Crippen LogP contribution < -0.4 is 10.1 Å². The maximum atomic E-state index is 12.4. The van der Waals surface area contributed by atoms with Crippen molar-refractivity contribution < 1.29 is 14.3 Å². The molecule has 0 unspecified atom stereocenters. The second-order valence-electron chi connectivity index (χ2n) is 7.18. The van der Waals surface area contributed by atoms with Crippen LogP contribution in [0.4, 0.5) is 4.79 Å². The van der Waals surface area contributed by atoms with Gasteiger partial charge in [-0.3, -0.25) is 4.90 Å². The van der Waals surface area contributed by atoms with E-state index in [-0.39, 0.29) is 6.03 Å². The van der Waals surface area contributed by atoms with Crippen LogP contribution in [0.3, 0.4) is 0 Å². The first-order valence-electron chi connectivity index (χ1n) is 9.19. The number of nitrogens with one attached hydrogen (secondary N) is 1. The van der Waals surface area contributed by atoms with E-state index in [1.54, 1.807) is 0 Å². The van der Waals surface area contributed by atoms with Gasteiger partial charge in [-0.1, -0.05) is 19.9 Å². The van der Waals surface area contributed by atoms with Gasteiger partial charge in [0.15, 0.2) is 0 Å². The highest BCUT2D eigenvalue weighted by Gasteiger charge is 2.20. The van der Waals surface area contributed by atoms with Crippen LogP contribution in [0.1, 0.15) is 25.0 Å². The van der Waals surface area contributed by atoms with E-state index in [1.807, 2.05) is 11.0 Å². The number of amides is 2. The van der Waals surface area contributed by atoms with Gasteiger partial charge in [0.2, 0.25) is 0 Å². The van der Waals surface area contributed by atoms with Crippen molar-refractivity contribution >= 4 is 6.03 Å². The Labute approximate surface area is 150 Å². The number of rotatable bonds is 4. The molecule has 2 aliphatic heterocycles. The van der Waals surface area contributed by atoms with Crippen LogP contribution in [-0.2, 0) is 17.8 Å². The van der Waals surface area contributed by atoms with Crippen LogP contribution in [0.5, 0.6) is 5.75 Å². The normalized spacial score (nSPS) is 18.4. The number of benzene rings is 1. The van der Waals surface area contributed by atoms with Crippen molar-refractivity contribution in [3.63, 3.8) is 0 Å². The quantitative estimate of drug-likeness (QED) is 0.906. The van der Waals surface area contributed by atoms with Gasteiger partial charge < -0.3 is 19.7 Å². The fraction of sp³-hybridized carbons (Fsp3) is 0.632. The van der Waals surface area contributed by atoms with Crippen molar-refractivity contribution in [1.82, 2.24) is 15.1 Å². The number of urea groups is 1. The van der Waals surface area contributed by atoms with Crippen molar-refractivity contribution in [2.24, 2.45) is 5.92 Å². The van der Waals surface area contributed by atoms with Crippen molar-refractivity contribution in [2.75, 3.05) is 46.0 Å². The Hall–Kier alpha value is -1.79. The zero-order valence-corrected chi connectivity index (χ0v) is 15.3. The number of carbonyl (C=O) groups is 1. The molecule has 1 fully saturated rings. The second-order valence-corrected chi connectivity index (χ2v) is 7.18. The average molecular weight is 347 g/mol. The van der Waals surface area contributed by atoms with Gasteiger partial charge >= 0.3 is 6.03 Å². The minimum atomic E-state index is -0.0104. The van der Waals surface area contributed by atoms with E-state index in [2.05, 4.69) is 36.2 Å². The molecular weight excluding hydrogens is 318 g/mol. The SMILES string of the molecule is CC(C)CNC(=O)N1CCOc2ccc(CN3CCOCC3)cc2C1. The molecule has 6 nitrogen and oxygen atoms in total. The molecule has 0 spiro atoms. The highest BCUT2D eigenvalue weighted by molar-refractivity contribution is 5.74. The van der Waals surface area contributed by atoms with E-state index in [4.69, 9.17) is 9.47 Å². The molecule has 0 aliphatic carbocycles. The van der Waals surface area contributed by atoms with E-state index in [0.29, 0.717) is 32.2 Å². The molecule has 0 radical (unpaired) electrons. The summed E-state index contributed by atoms with van der Waals surface area (Å²) in [6, 6.07) is 6.34. The lowest BCUT2D eigenvalue weighted by atomic mass is 10.1.